The summed E-state index contributed by atoms with van der Waals surface area (Å²) in [5, 5.41) is 0. The van der Waals surface area contributed by atoms with E-state index in [2.05, 4.69) is 18.6 Å². The lowest BCUT2D eigenvalue weighted by Gasteiger charge is -2.33. The Balaban J connectivity index is 2.29. The zero-order valence-electron chi connectivity index (χ0n) is 8.63. The summed E-state index contributed by atoms with van der Waals surface area (Å²) in [7, 11) is 1.34. The number of methoxy groups -OCH3 is 1. The molecule has 1 aliphatic carbocycles. The largest absolute Gasteiger partial charge is 0.508 e. The summed E-state index contributed by atoms with van der Waals surface area (Å²) < 4.78 is 9.52. The molecule has 1 fully saturated rings. The average molecular weight is 186 g/mol. The van der Waals surface area contributed by atoms with E-state index in [1.807, 2.05) is 0 Å². The van der Waals surface area contributed by atoms with E-state index in [1.165, 1.54) is 7.11 Å². The van der Waals surface area contributed by atoms with Crippen LogP contribution in [0, 0.1) is 5.41 Å². The van der Waals surface area contributed by atoms with Crippen LogP contribution in [0.1, 0.15) is 39.5 Å². The number of ether oxygens (including phenoxy) is 2. The van der Waals surface area contributed by atoms with Gasteiger partial charge in [-0.2, -0.15) is 0 Å². The van der Waals surface area contributed by atoms with Gasteiger partial charge in [0.15, 0.2) is 0 Å². The minimum atomic E-state index is -0.551. The van der Waals surface area contributed by atoms with Gasteiger partial charge in [-0.25, -0.2) is 4.79 Å². The average Bonchev–Trinajstić information content (AvgIpc) is 2.08. The van der Waals surface area contributed by atoms with Crippen LogP contribution < -0.4 is 0 Å². The third kappa shape index (κ3) is 3.25. The van der Waals surface area contributed by atoms with Crippen LogP contribution in [0.3, 0.4) is 0 Å². The van der Waals surface area contributed by atoms with Crippen LogP contribution in [0.2, 0.25) is 0 Å². The minimum absolute atomic E-state index is 0.0699. The first-order valence-electron chi connectivity index (χ1n) is 4.78. The lowest BCUT2D eigenvalue weighted by Crippen LogP contribution is -2.28. The van der Waals surface area contributed by atoms with E-state index >= 15 is 0 Å². The first-order chi connectivity index (χ1) is 6.03. The molecule has 0 saturated heterocycles. The van der Waals surface area contributed by atoms with Gasteiger partial charge in [0, 0.05) is 0 Å². The SMILES string of the molecule is COC(=O)OC1CCC(C)(C)CC1. The van der Waals surface area contributed by atoms with E-state index in [1.54, 1.807) is 0 Å². The third-order valence-electron chi connectivity index (χ3n) is 2.72. The van der Waals surface area contributed by atoms with Gasteiger partial charge in [-0.1, -0.05) is 13.8 Å². The highest BCUT2D eigenvalue weighted by molar-refractivity contribution is 5.59. The molecule has 0 aliphatic heterocycles. The molecule has 0 aromatic heterocycles. The second kappa shape index (κ2) is 3.99. The van der Waals surface area contributed by atoms with Crippen LogP contribution in [0.4, 0.5) is 4.79 Å². The molecular formula is C10H18O3. The molecule has 76 valence electrons. The summed E-state index contributed by atoms with van der Waals surface area (Å²) in [6.07, 6.45) is 3.68. The molecule has 0 bridgehead atoms. The molecule has 0 N–H and O–H groups in total. The van der Waals surface area contributed by atoms with E-state index < -0.39 is 6.16 Å². The van der Waals surface area contributed by atoms with Gasteiger partial charge < -0.3 is 9.47 Å². The summed E-state index contributed by atoms with van der Waals surface area (Å²) in [6.45, 7) is 4.50. The molecule has 1 rings (SSSR count). The monoisotopic (exact) mass is 186 g/mol. The van der Waals surface area contributed by atoms with Crippen molar-refractivity contribution < 1.29 is 14.3 Å². The van der Waals surface area contributed by atoms with E-state index in [4.69, 9.17) is 4.74 Å². The molecular weight excluding hydrogens is 168 g/mol. The van der Waals surface area contributed by atoms with Crippen molar-refractivity contribution >= 4 is 6.16 Å². The van der Waals surface area contributed by atoms with Gasteiger partial charge in [0.25, 0.3) is 0 Å². The van der Waals surface area contributed by atoms with Crippen LogP contribution >= 0.6 is 0 Å². The summed E-state index contributed by atoms with van der Waals surface area (Å²) >= 11 is 0. The molecule has 0 radical (unpaired) electrons. The summed E-state index contributed by atoms with van der Waals surface area (Å²) in [5.41, 5.74) is 0.413. The molecule has 0 aromatic carbocycles. The zero-order chi connectivity index (χ0) is 9.90. The number of rotatable bonds is 1. The predicted octanol–water partition coefficient (Wildman–Crippen LogP) is 2.74. The first-order valence-corrected chi connectivity index (χ1v) is 4.78. The molecule has 0 unspecified atom stereocenters. The molecule has 13 heavy (non-hydrogen) atoms. The zero-order valence-corrected chi connectivity index (χ0v) is 8.63. The van der Waals surface area contributed by atoms with E-state index in [-0.39, 0.29) is 6.10 Å². The molecule has 0 aromatic rings. The summed E-state index contributed by atoms with van der Waals surface area (Å²) in [4.78, 5) is 10.8. The van der Waals surface area contributed by atoms with Crippen LogP contribution in [-0.2, 0) is 9.47 Å². The number of carbonyl (C=O) groups is 1. The van der Waals surface area contributed by atoms with Crippen LogP contribution in [0.5, 0.6) is 0 Å². The molecule has 3 nitrogen and oxygen atoms in total. The molecule has 3 heteroatoms. The summed E-state index contributed by atoms with van der Waals surface area (Å²) in [6, 6.07) is 0. The Labute approximate surface area is 79.4 Å². The quantitative estimate of drug-likeness (QED) is 0.591. The minimum Gasteiger partial charge on any atom is -0.438 e. The Morgan fingerprint density at radius 1 is 1.31 bits per heavy atom. The van der Waals surface area contributed by atoms with Crippen molar-refractivity contribution in [2.45, 2.75) is 45.6 Å². The van der Waals surface area contributed by atoms with E-state index in [0.717, 1.165) is 25.7 Å². The Kier molecular flexibility index (Phi) is 3.17. The molecule has 0 spiro atoms. The maximum absolute atomic E-state index is 10.8. The highest BCUT2D eigenvalue weighted by Crippen LogP contribution is 2.36. The topological polar surface area (TPSA) is 35.5 Å². The highest BCUT2D eigenvalue weighted by atomic mass is 16.7. The Bertz CT molecular complexity index is 177. The normalized spacial score (nSPS) is 22.4. The molecule has 0 amide bonds. The molecule has 0 atom stereocenters. The van der Waals surface area contributed by atoms with Gasteiger partial charge in [0.1, 0.15) is 6.10 Å². The number of hydrogen-bond acceptors (Lipinski definition) is 3. The maximum atomic E-state index is 10.8. The van der Waals surface area contributed by atoms with Gasteiger partial charge in [-0.15, -0.1) is 0 Å². The summed E-state index contributed by atoms with van der Waals surface area (Å²) in [5.74, 6) is 0. The molecule has 1 saturated carbocycles. The van der Waals surface area contributed by atoms with Crippen molar-refractivity contribution in [1.29, 1.82) is 0 Å². The van der Waals surface area contributed by atoms with Crippen molar-refractivity contribution in [2.24, 2.45) is 5.41 Å². The van der Waals surface area contributed by atoms with Crippen molar-refractivity contribution in [3.05, 3.63) is 0 Å². The lowest BCUT2D eigenvalue weighted by molar-refractivity contribution is 0.00730. The Hall–Kier alpha value is -0.730. The van der Waals surface area contributed by atoms with Crippen molar-refractivity contribution in [2.75, 3.05) is 7.11 Å². The van der Waals surface area contributed by atoms with Crippen molar-refractivity contribution in [3.63, 3.8) is 0 Å². The number of carbonyl (C=O) groups excluding carboxylic acids is 1. The van der Waals surface area contributed by atoms with Gasteiger partial charge in [0.05, 0.1) is 7.11 Å². The Morgan fingerprint density at radius 3 is 2.31 bits per heavy atom. The van der Waals surface area contributed by atoms with Gasteiger partial charge in [-0.05, 0) is 31.1 Å². The van der Waals surface area contributed by atoms with Gasteiger partial charge >= 0.3 is 6.16 Å². The first kappa shape index (κ1) is 10.4. The van der Waals surface area contributed by atoms with Crippen molar-refractivity contribution in [1.82, 2.24) is 0 Å². The predicted molar refractivity (Wildman–Crippen MR) is 49.5 cm³/mol. The fourth-order valence-corrected chi connectivity index (χ4v) is 1.67. The molecule has 0 heterocycles. The standard InChI is InChI=1S/C10H18O3/c1-10(2)6-4-8(5-7-10)13-9(11)12-3/h8H,4-7H2,1-3H3. The highest BCUT2D eigenvalue weighted by Gasteiger charge is 2.28. The van der Waals surface area contributed by atoms with Crippen LogP contribution in [0.15, 0.2) is 0 Å². The Morgan fingerprint density at radius 2 is 1.85 bits per heavy atom. The lowest BCUT2D eigenvalue weighted by atomic mass is 9.76. The van der Waals surface area contributed by atoms with Crippen LogP contribution in [0.25, 0.3) is 0 Å². The molecule has 1 aliphatic rings. The second-order valence-electron chi connectivity index (χ2n) is 4.44. The van der Waals surface area contributed by atoms with E-state index in [9.17, 15) is 4.79 Å². The maximum Gasteiger partial charge on any atom is 0.508 e. The van der Waals surface area contributed by atoms with Gasteiger partial charge in [0.2, 0.25) is 0 Å². The fourth-order valence-electron chi connectivity index (χ4n) is 1.67. The van der Waals surface area contributed by atoms with Crippen molar-refractivity contribution in [3.8, 4) is 0 Å². The number of hydrogen-bond donors (Lipinski definition) is 0. The second-order valence-corrected chi connectivity index (χ2v) is 4.44. The van der Waals surface area contributed by atoms with E-state index in [0.29, 0.717) is 5.41 Å². The van der Waals surface area contributed by atoms with Crippen LogP contribution in [-0.4, -0.2) is 19.4 Å². The fraction of sp³-hybridized carbons (Fsp3) is 0.900. The third-order valence-corrected chi connectivity index (χ3v) is 2.72. The van der Waals surface area contributed by atoms with Gasteiger partial charge in [-0.3, -0.25) is 0 Å². The smallest absolute Gasteiger partial charge is 0.438 e.